The first-order chi connectivity index (χ1) is 10.7. The molecule has 0 aromatic heterocycles. The van der Waals surface area contributed by atoms with Crippen LogP contribution in [0.3, 0.4) is 0 Å². The first-order valence-corrected chi connectivity index (χ1v) is 8.04. The van der Waals surface area contributed by atoms with Gasteiger partial charge in [0.2, 0.25) is 6.79 Å². The van der Waals surface area contributed by atoms with E-state index < -0.39 is 0 Å². The van der Waals surface area contributed by atoms with Crippen molar-refractivity contribution in [1.29, 1.82) is 0 Å². The van der Waals surface area contributed by atoms with Gasteiger partial charge in [-0.05, 0) is 42.7 Å². The molecular formula is C18H18ClNO2. The molecule has 0 aliphatic carbocycles. The van der Waals surface area contributed by atoms with E-state index in [0.29, 0.717) is 12.8 Å². The van der Waals surface area contributed by atoms with Gasteiger partial charge >= 0.3 is 0 Å². The van der Waals surface area contributed by atoms with Crippen LogP contribution >= 0.6 is 11.6 Å². The summed E-state index contributed by atoms with van der Waals surface area (Å²) in [4.78, 5) is 2.40. The molecule has 0 amide bonds. The molecule has 114 valence electrons. The van der Waals surface area contributed by atoms with E-state index in [0.717, 1.165) is 30.0 Å². The fourth-order valence-electron chi connectivity index (χ4n) is 3.29. The van der Waals surface area contributed by atoms with E-state index in [1.807, 2.05) is 18.2 Å². The number of hydrogen-bond acceptors (Lipinski definition) is 3. The van der Waals surface area contributed by atoms with E-state index in [1.54, 1.807) is 0 Å². The minimum atomic E-state index is -0.0805. The maximum Gasteiger partial charge on any atom is 0.231 e. The fourth-order valence-corrected chi connectivity index (χ4v) is 3.58. The number of benzene rings is 2. The van der Waals surface area contributed by atoms with Crippen molar-refractivity contribution in [3.05, 3.63) is 53.6 Å². The lowest BCUT2D eigenvalue weighted by atomic mass is 10.1. The van der Waals surface area contributed by atoms with Gasteiger partial charge in [0.1, 0.15) is 0 Å². The minimum absolute atomic E-state index is 0.0805. The van der Waals surface area contributed by atoms with Crippen molar-refractivity contribution < 1.29 is 9.47 Å². The average molecular weight is 316 g/mol. The highest BCUT2D eigenvalue weighted by molar-refractivity contribution is 6.21. The van der Waals surface area contributed by atoms with Gasteiger partial charge in [-0.2, -0.15) is 0 Å². The van der Waals surface area contributed by atoms with Crippen molar-refractivity contribution in [3.8, 4) is 11.5 Å². The van der Waals surface area contributed by atoms with Gasteiger partial charge in [0.25, 0.3) is 0 Å². The second-order valence-electron chi connectivity index (χ2n) is 5.91. The van der Waals surface area contributed by atoms with Crippen molar-refractivity contribution in [2.75, 3.05) is 18.2 Å². The number of anilines is 1. The number of alkyl halides is 1. The van der Waals surface area contributed by atoms with Gasteiger partial charge in [0.15, 0.2) is 11.5 Å². The first kappa shape index (κ1) is 13.8. The molecule has 2 atom stereocenters. The Morgan fingerprint density at radius 3 is 2.91 bits per heavy atom. The number of fused-ring (bicyclic) bond motifs is 2. The van der Waals surface area contributed by atoms with Crippen LogP contribution in [0, 0.1) is 0 Å². The Bertz CT molecular complexity index is 703. The molecule has 2 aliphatic rings. The molecule has 0 radical (unpaired) electrons. The molecular weight excluding hydrogens is 298 g/mol. The quantitative estimate of drug-likeness (QED) is 0.794. The molecule has 3 nitrogen and oxygen atoms in total. The van der Waals surface area contributed by atoms with Crippen LogP contribution in [0.25, 0.3) is 0 Å². The van der Waals surface area contributed by atoms with Crippen molar-refractivity contribution in [2.45, 2.75) is 24.8 Å². The molecule has 0 spiro atoms. The molecule has 0 N–H and O–H groups in total. The number of ether oxygens (including phenoxy) is 2. The Morgan fingerprint density at radius 2 is 2.00 bits per heavy atom. The van der Waals surface area contributed by atoms with Gasteiger partial charge in [-0.25, -0.2) is 0 Å². The topological polar surface area (TPSA) is 21.7 Å². The van der Waals surface area contributed by atoms with Gasteiger partial charge in [0.05, 0.1) is 5.38 Å². The van der Waals surface area contributed by atoms with E-state index in [-0.39, 0.29) is 5.38 Å². The predicted molar refractivity (Wildman–Crippen MR) is 88.1 cm³/mol. The summed E-state index contributed by atoms with van der Waals surface area (Å²) in [6.07, 6.45) is 1.08. The van der Waals surface area contributed by atoms with Crippen LogP contribution in [0.4, 0.5) is 5.69 Å². The smallest absolute Gasteiger partial charge is 0.231 e. The zero-order valence-corrected chi connectivity index (χ0v) is 13.2. The molecule has 0 saturated carbocycles. The highest BCUT2D eigenvalue weighted by Gasteiger charge is 2.28. The molecule has 2 aromatic carbocycles. The van der Waals surface area contributed by atoms with Crippen LogP contribution in [-0.2, 0) is 6.42 Å². The summed E-state index contributed by atoms with van der Waals surface area (Å²) < 4.78 is 10.8. The molecule has 4 heteroatoms. The number of rotatable bonds is 3. The zero-order valence-electron chi connectivity index (χ0n) is 12.5. The van der Waals surface area contributed by atoms with E-state index in [9.17, 15) is 0 Å². The number of halogens is 1. The van der Waals surface area contributed by atoms with Gasteiger partial charge in [-0.1, -0.05) is 24.3 Å². The van der Waals surface area contributed by atoms with Crippen molar-refractivity contribution in [3.63, 3.8) is 0 Å². The largest absolute Gasteiger partial charge is 0.454 e. The molecule has 0 bridgehead atoms. The maximum atomic E-state index is 6.68. The fraction of sp³-hybridized carbons (Fsp3) is 0.333. The monoisotopic (exact) mass is 315 g/mol. The number of nitrogens with zero attached hydrogens (tertiary/aromatic N) is 1. The van der Waals surface area contributed by atoms with E-state index in [4.69, 9.17) is 21.1 Å². The third-order valence-electron chi connectivity index (χ3n) is 4.46. The summed E-state index contributed by atoms with van der Waals surface area (Å²) in [6.45, 7) is 3.34. The second-order valence-corrected chi connectivity index (χ2v) is 6.44. The third-order valence-corrected chi connectivity index (χ3v) is 4.85. The van der Waals surface area contributed by atoms with Gasteiger partial charge in [0, 0.05) is 18.3 Å². The van der Waals surface area contributed by atoms with Crippen molar-refractivity contribution >= 4 is 17.3 Å². The van der Waals surface area contributed by atoms with Crippen LogP contribution < -0.4 is 14.4 Å². The van der Waals surface area contributed by atoms with Crippen LogP contribution in [0.15, 0.2) is 42.5 Å². The summed E-state index contributed by atoms with van der Waals surface area (Å²) in [7, 11) is 0. The number of para-hydroxylation sites is 1. The molecule has 2 aliphatic heterocycles. The second kappa shape index (κ2) is 5.40. The predicted octanol–water partition coefficient (Wildman–Crippen LogP) is 4.15. The van der Waals surface area contributed by atoms with Crippen LogP contribution in [0.1, 0.15) is 23.4 Å². The normalized spacial score (nSPS) is 20.1. The molecule has 0 saturated heterocycles. The molecule has 4 rings (SSSR count). The SMILES string of the molecule is CC1Cc2ccccc2N1CC(Cl)c1ccc2c(c1)OCO2. The maximum absolute atomic E-state index is 6.68. The van der Waals surface area contributed by atoms with Crippen LogP contribution in [0.2, 0.25) is 0 Å². The summed E-state index contributed by atoms with van der Waals surface area (Å²) in [5, 5.41) is -0.0805. The van der Waals surface area contributed by atoms with E-state index in [2.05, 4.69) is 36.1 Å². The number of hydrogen-bond donors (Lipinski definition) is 0. The van der Waals surface area contributed by atoms with Crippen LogP contribution in [-0.4, -0.2) is 19.4 Å². The standard InChI is InChI=1S/C18H18ClNO2/c1-12-8-14-4-2-3-5-16(14)20(12)10-15(19)13-6-7-17-18(9-13)22-11-21-17/h2-7,9,12,15H,8,10-11H2,1H3. The summed E-state index contributed by atoms with van der Waals surface area (Å²) in [5.74, 6) is 1.59. The summed E-state index contributed by atoms with van der Waals surface area (Å²) in [6, 6.07) is 15.0. The van der Waals surface area contributed by atoms with Gasteiger partial charge in [-0.3, -0.25) is 0 Å². The lowest BCUT2D eigenvalue weighted by molar-refractivity contribution is 0.174. The van der Waals surface area contributed by atoms with Crippen molar-refractivity contribution in [1.82, 2.24) is 0 Å². The lowest BCUT2D eigenvalue weighted by Crippen LogP contribution is -2.32. The molecule has 2 heterocycles. The summed E-state index contributed by atoms with van der Waals surface area (Å²) >= 11 is 6.68. The van der Waals surface area contributed by atoms with E-state index in [1.165, 1.54) is 11.3 Å². The average Bonchev–Trinajstić information content (AvgIpc) is 3.11. The molecule has 22 heavy (non-hydrogen) atoms. The Morgan fingerprint density at radius 1 is 1.18 bits per heavy atom. The zero-order chi connectivity index (χ0) is 15.1. The first-order valence-electron chi connectivity index (χ1n) is 7.60. The molecule has 0 fully saturated rings. The Balaban J connectivity index is 1.56. The highest BCUT2D eigenvalue weighted by Crippen LogP contribution is 2.38. The third kappa shape index (κ3) is 2.30. The van der Waals surface area contributed by atoms with E-state index >= 15 is 0 Å². The highest BCUT2D eigenvalue weighted by atomic mass is 35.5. The lowest BCUT2D eigenvalue weighted by Gasteiger charge is -2.27. The molecule has 2 aromatic rings. The van der Waals surface area contributed by atoms with Gasteiger partial charge in [-0.15, -0.1) is 11.6 Å². The minimum Gasteiger partial charge on any atom is -0.454 e. The Hall–Kier alpha value is -1.87. The molecule has 2 unspecified atom stereocenters. The Labute approximate surface area is 135 Å². The van der Waals surface area contributed by atoms with Gasteiger partial charge < -0.3 is 14.4 Å². The van der Waals surface area contributed by atoms with Crippen molar-refractivity contribution in [2.24, 2.45) is 0 Å². The Kier molecular flexibility index (Phi) is 3.38. The summed E-state index contributed by atoms with van der Waals surface area (Å²) in [5.41, 5.74) is 3.79. The van der Waals surface area contributed by atoms with Crippen LogP contribution in [0.5, 0.6) is 11.5 Å².